The SMILES string of the molecule is CC(=O)N(c1ccccc1)c1nc(C[Se]C#N)c[se]1. The van der Waals surface area contributed by atoms with Crippen LogP contribution in [0.4, 0.5) is 10.4 Å². The van der Waals surface area contributed by atoms with Crippen LogP contribution in [0.25, 0.3) is 0 Å². The van der Waals surface area contributed by atoms with E-state index in [0.29, 0.717) is 0 Å². The molecule has 0 atom stereocenters. The van der Waals surface area contributed by atoms with Crippen molar-refractivity contribution in [2.75, 3.05) is 4.90 Å². The first-order chi connectivity index (χ1) is 9.22. The van der Waals surface area contributed by atoms with E-state index in [1.165, 1.54) is 0 Å². The van der Waals surface area contributed by atoms with Crippen molar-refractivity contribution in [3.8, 4) is 4.97 Å². The number of nitriles is 1. The second kappa shape index (κ2) is 6.70. The van der Waals surface area contributed by atoms with Gasteiger partial charge in [0.1, 0.15) is 0 Å². The van der Waals surface area contributed by atoms with Crippen LogP contribution in [0.15, 0.2) is 35.3 Å². The van der Waals surface area contributed by atoms with Crippen LogP contribution in [0.1, 0.15) is 12.6 Å². The van der Waals surface area contributed by atoms with E-state index in [9.17, 15) is 4.79 Å². The summed E-state index contributed by atoms with van der Waals surface area (Å²) in [6.07, 6.45) is 0. The van der Waals surface area contributed by atoms with E-state index in [1.54, 1.807) is 11.8 Å². The average molecular weight is 383 g/mol. The van der Waals surface area contributed by atoms with Gasteiger partial charge in [0.25, 0.3) is 0 Å². The molecule has 1 aromatic carbocycles. The molecule has 0 radical (unpaired) electrons. The summed E-state index contributed by atoms with van der Waals surface area (Å²) in [5, 5.41) is 9.33. The van der Waals surface area contributed by atoms with Crippen LogP contribution in [-0.4, -0.2) is 40.4 Å². The molecule has 96 valence electrons. The molecule has 0 spiro atoms. The Balaban J connectivity index is 2.28. The Morgan fingerprint density at radius 1 is 1.47 bits per heavy atom. The topological polar surface area (TPSA) is 57.0 Å². The number of hydrogen-bond donors (Lipinski definition) is 0. The van der Waals surface area contributed by atoms with E-state index in [1.807, 2.05) is 30.3 Å². The van der Waals surface area contributed by atoms with Gasteiger partial charge in [0.05, 0.1) is 0 Å². The van der Waals surface area contributed by atoms with Gasteiger partial charge in [0, 0.05) is 0 Å². The predicted octanol–water partition coefficient (Wildman–Crippen LogP) is 1.51. The molecule has 1 aromatic heterocycles. The van der Waals surface area contributed by atoms with Crippen LogP contribution in [-0.2, 0) is 10.1 Å². The number of carbonyl (C=O) groups excluding carboxylic acids is 1. The monoisotopic (exact) mass is 385 g/mol. The van der Waals surface area contributed by atoms with E-state index in [-0.39, 0.29) is 35.4 Å². The van der Waals surface area contributed by atoms with Crippen molar-refractivity contribution in [3.05, 3.63) is 41.0 Å². The molecule has 0 bridgehead atoms. The fourth-order valence-corrected chi connectivity index (χ4v) is 4.73. The van der Waals surface area contributed by atoms with Crippen LogP contribution in [0, 0.1) is 10.2 Å². The summed E-state index contributed by atoms with van der Waals surface area (Å²) in [4.78, 5) is 22.2. The zero-order valence-electron chi connectivity index (χ0n) is 10.2. The zero-order chi connectivity index (χ0) is 13.7. The van der Waals surface area contributed by atoms with Gasteiger partial charge in [-0.3, -0.25) is 0 Å². The van der Waals surface area contributed by atoms with Crippen molar-refractivity contribution in [2.45, 2.75) is 12.2 Å². The molecule has 0 saturated heterocycles. The number of aromatic nitrogens is 1. The van der Waals surface area contributed by atoms with Gasteiger partial charge in [0.2, 0.25) is 0 Å². The second-order valence-corrected chi connectivity index (χ2v) is 7.04. The molecule has 1 heterocycles. The molecule has 0 aliphatic carbocycles. The number of benzene rings is 1. The van der Waals surface area contributed by atoms with E-state index in [2.05, 4.69) is 14.9 Å². The number of rotatable bonds is 4. The molecule has 6 heteroatoms. The van der Waals surface area contributed by atoms with Crippen molar-refractivity contribution in [1.29, 1.82) is 5.26 Å². The first-order valence-electron chi connectivity index (χ1n) is 5.53. The molecule has 0 N–H and O–H groups in total. The number of nitrogens with zero attached hydrogens (tertiary/aromatic N) is 3. The molecule has 0 fully saturated rings. The van der Waals surface area contributed by atoms with Gasteiger partial charge < -0.3 is 0 Å². The van der Waals surface area contributed by atoms with Crippen molar-refractivity contribution < 1.29 is 4.79 Å². The van der Waals surface area contributed by atoms with Gasteiger partial charge in [-0.05, 0) is 0 Å². The van der Waals surface area contributed by atoms with Crippen molar-refractivity contribution in [1.82, 2.24) is 4.98 Å². The number of amides is 1. The first kappa shape index (κ1) is 14.0. The maximum atomic E-state index is 11.8. The van der Waals surface area contributed by atoms with Crippen LogP contribution in [0.3, 0.4) is 0 Å². The summed E-state index contributed by atoms with van der Waals surface area (Å²) in [6, 6.07) is 9.53. The zero-order valence-corrected chi connectivity index (χ0v) is 13.7. The molecule has 0 unspecified atom stereocenters. The Kier molecular flexibility index (Phi) is 4.95. The first-order valence-corrected chi connectivity index (χ1v) is 9.44. The summed E-state index contributed by atoms with van der Waals surface area (Å²) >= 11 is -0.00293. The molecule has 0 saturated carbocycles. The third kappa shape index (κ3) is 3.56. The van der Waals surface area contributed by atoms with Crippen LogP contribution in [0.5, 0.6) is 0 Å². The molecular formula is C13H11N3OSe2. The molecule has 2 aromatic rings. The summed E-state index contributed by atoms with van der Waals surface area (Å²) < 4.78 is 0.801. The van der Waals surface area contributed by atoms with Crippen molar-refractivity contribution in [2.24, 2.45) is 0 Å². The number of carbonyl (C=O) groups is 1. The van der Waals surface area contributed by atoms with Gasteiger partial charge in [-0.2, -0.15) is 0 Å². The van der Waals surface area contributed by atoms with E-state index >= 15 is 0 Å². The number of hydrogen-bond acceptors (Lipinski definition) is 3. The quantitative estimate of drug-likeness (QED) is 0.753. The van der Waals surface area contributed by atoms with Gasteiger partial charge in [-0.25, -0.2) is 0 Å². The summed E-state index contributed by atoms with van der Waals surface area (Å²) in [5.74, 6) is -0.0349. The fourth-order valence-electron chi connectivity index (χ4n) is 1.58. The summed E-state index contributed by atoms with van der Waals surface area (Å²) in [6.45, 7) is 1.54. The van der Waals surface area contributed by atoms with E-state index in [0.717, 1.165) is 21.4 Å². The standard InChI is InChI=1S/C13H11N3OSe2/c1-10(17)16(12-5-3-2-4-6-12)13-15-11(8-19-13)7-18-9-14/h2-6,8H,7H2,1H3. The van der Waals surface area contributed by atoms with Gasteiger partial charge in [-0.1, -0.05) is 0 Å². The molecule has 1 amide bonds. The Morgan fingerprint density at radius 3 is 2.84 bits per heavy atom. The van der Waals surface area contributed by atoms with Crippen LogP contribution in [0.2, 0.25) is 0 Å². The minimum absolute atomic E-state index is 0.0349. The third-order valence-corrected chi connectivity index (χ3v) is 5.37. The molecular weight excluding hydrogens is 372 g/mol. The molecule has 0 aliphatic rings. The Bertz CT molecular complexity index is 604. The molecule has 2 rings (SSSR count). The van der Waals surface area contributed by atoms with Crippen molar-refractivity contribution >= 4 is 45.7 Å². The minimum atomic E-state index is -0.0608. The number of anilines is 2. The second-order valence-electron chi connectivity index (χ2n) is 3.69. The van der Waals surface area contributed by atoms with Gasteiger partial charge >= 0.3 is 124 Å². The molecule has 0 aliphatic heterocycles. The van der Waals surface area contributed by atoms with Crippen molar-refractivity contribution in [3.63, 3.8) is 0 Å². The van der Waals surface area contributed by atoms with Crippen LogP contribution >= 0.6 is 0 Å². The Labute approximate surface area is 124 Å². The van der Waals surface area contributed by atoms with E-state index in [4.69, 9.17) is 5.26 Å². The van der Waals surface area contributed by atoms with Gasteiger partial charge in [0.15, 0.2) is 0 Å². The Hall–Kier alpha value is -1.37. The molecule has 19 heavy (non-hydrogen) atoms. The predicted molar refractivity (Wildman–Crippen MR) is 75.5 cm³/mol. The summed E-state index contributed by atoms with van der Waals surface area (Å²) in [5.41, 5.74) is 1.79. The molecule has 4 nitrogen and oxygen atoms in total. The average Bonchev–Trinajstić information content (AvgIpc) is 2.86. The van der Waals surface area contributed by atoms with Gasteiger partial charge in [-0.15, -0.1) is 0 Å². The third-order valence-electron chi connectivity index (χ3n) is 2.34. The van der Waals surface area contributed by atoms with E-state index < -0.39 is 0 Å². The van der Waals surface area contributed by atoms with Crippen LogP contribution < -0.4 is 4.90 Å². The normalized spacial score (nSPS) is 9.89. The Morgan fingerprint density at radius 2 is 2.21 bits per heavy atom. The maximum absolute atomic E-state index is 11.8. The summed E-state index contributed by atoms with van der Waals surface area (Å²) in [7, 11) is 0. The number of para-hydroxylation sites is 1. The fraction of sp³-hybridized carbons (Fsp3) is 0.154.